The van der Waals surface area contributed by atoms with Gasteiger partial charge >= 0.3 is 5.97 Å². The van der Waals surface area contributed by atoms with Gasteiger partial charge in [0, 0.05) is 11.0 Å². The monoisotopic (exact) mass is 279 g/mol. The maximum absolute atomic E-state index is 11.1. The van der Waals surface area contributed by atoms with E-state index < -0.39 is 0 Å². The van der Waals surface area contributed by atoms with Crippen LogP contribution in [0.2, 0.25) is 0 Å². The Kier molecular flexibility index (Phi) is 5.76. The van der Waals surface area contributed by atoms with Gasteiger partial charge in [0.2, 0.25) is 0 Å². The average Bonchev–Trinajstić information content (AvgIpc) is 2.15. The third-order valence-electron chi connectivity index (χ3n) is 1.61. The number of halogens is 2. The highest BCUT2D eigenvalue weighted by molar-refractivity contribution is 9.10. The van der Waals surface area contributed by atoms with Crippen molar-refractivity contribution in [1.29, 1.82) is 0 Å². The zero-order valence-electron chi connectivity index (χ0n) is 7.62. The second-order valence-corrected chi connectivity index (χ2v) is 3.46. The Bertz CT molecular complexity index is 331. The lowest BCUT2D eigenvalue weighted by Crippen LogP contribution is -2.04. The highest BCUT2D eigenvalue weighted by Crippen LogP contribution is 2.16. The van der Waals surface area contributed by atoms with Crippen molar-refractivity contribution >= 4 is 34.3 Å². The van der Waals surface area contributed by atoms with Gasteiger partial charge in [-0.25, -0.2) is 4.79 Å². The van der Waals surface area contributed by atoms with Crippen molar-refractivity contribution in [2.75, 3.05) is 7.11 Å². The number of carbonyl (C=O) groups is 1. The summed E-state index contributed by atoms with van der Waals surface area (Å²) in [5.41, 5.74) is 6.87. The molecule has 14 heavy (non-hydrogen) atoms. The molecule has 0 aromatic heterocycles. The first-order valence-corrected chi connectivity index (χ1v) is 4.54. The summed E-state index contributed by atoms with van der Waals surface area (Å²) in [6.45, 7) is 0.406. The summed E-state index contributed by atoms with van der Waals surface area (Å²) in [4.78, 5) is 11.1. The molecule has 0 spiro atoms. The van der Waals surface area contributed by atoms with Gasteiger partial charge in [-0.3, -0.25) is 0 Å². The van der Waals surface area contributed by atoms with E-state index in [4.69, 9.17) is 5.73 Å². The lowest BCUT2D eigenvalue weighted by atomic mass is 10.1. The molecule has 1 aromatic rings. The molecule has 0 saturated carbocycles. The van der Waals surface area contributed by atoms with Crippen LogP contribution in [0.25, 0.3) is 0 Å². The number of hydrogen-bond donors (Lipinski definition) is 1. The summed E-state index contributed by atoms with van der Waals surface area (Å²) in [6, 6.07) is 5.29. The van der Waals surface area contributed by atoms with Gasteiger partial charge in [0.15, 0.2) is 0 Å². The van der Waals surface area contributed by atoms with Gasteiger partial charge in [0.05, 0.1) is 12.7 Å². The molecule has 0 unspecified atom stereocenters. The normalized spacial score (nSPS) is 9.07. The number of ether oxygens (including phenoxy) is 1. The number of benzene rings is 1. The van der Waals surface area contributed by atoms with Crippen LogP contribution in [-0.2, 0) is 11.3 Å². The molecule has 1 rings (SSSR count). The first kappa shape index (κ1) is 13.4. The smallest absolute Gasteiger partial charge is 0.337 e. The summed E-state index contributed by atoms with van der Waals surface area (Å²) >= 11 is 3.29. The Morgan fingerprint density at radius 1 is 1.50 bits per heavy atom. The Balaban J connectivity index is 0.00000169. The molecule has 0 bridgehead atoms. The Morgan fingerprint density at radius 2 is 2.14 bits per heavy atom. The highest BCUT2D eigenvalue weighted by Gasteiger charge is 2.06. The van der Waals surface area contributed by atoms with E-state index in [1.165, 1.54) is 7.11 Å². The van der Waals surface area contributed by atoms with Crippen molar-refractivity contribution in [2.24, 2.45) is 5.73 Å². The predicted molar refractivity (Wildman–Crippen MR) is 60.6 cm³/mol. The SMILES string of the molecule is COC(=O)c1cc(Br)cc(CN)c1.Cl. The van der Waals surface area contributed by atoms with Crippen LogP contribution in [0.3, 0.4) is 0 Å². The number of rotatable bonds is 2. The lowest BCUT2D eigenvalue weighted by Gasteiger charge is -2.03. The van der Waals surface area contributed by atoms with E-state index in [0.717, 1.165) is 10.0 Å². The van der Waals surface area contributed by atoms with Crippen molar-refractivity contribution in [3.63, 3.8) is 0 Å². The molecule has 0 aliphatic heterocycles. The lowest BCUT2D eigenvalue weighted by molar-refractivity contribution is 0.0600. The molecule has 0 radical (unpaired) electrons. The first-order valence-electron chi connectivity index (χ1n) is 3.75. The molecule has 3 nitrogen and oxygen atoms in total. The molecule has 0 fully saturated rings. The van der Waals surface area contributed by atoms with Crippen LogP contribution >= 0.6 is 28.3 Å². The molecule has 0 amide bonds. The van der Waals surface area contributed by atoms with Crippen LogP contribution in [0.15, 0.2) is 22.7 Å². The van der Waals surface area contributed by atoms with E-state index in [-0.39, 0.29) is 18.4 Å². The molecule has 0 saturated heterocycles. The number of nitrogens with two attached hydrogens (primary N) is 1. The molecule has 2 N–H and O–H groups in total. The molecule has 0 atom stereocenters. The second kappa shape index (κ2) is 6.01. The standard InChI is InChI=1S/C9H10BrNO2.ClH/c1-13-9(12)7-2-6(5-11)3-8(10)4-7;/h2-4H,5,11H2,1H3;1H. The van der Waals surface area contributed by atoms with Crippen LogP contribution in [0, 0.1) is 0 Å². The molecule has 0 aliphatic rings. The van der Waals surface area contributed by atoms with Crippen LogP contribution in [-0.4, -0.2) is 13.1 Å². The maximum atomic E-state index is 11.1. The van der Waals surface area contributed by atoms with Gasteiger partial charge in [-0.1, -0.05) is 15.9 Å². The van der Waals surface area contributed by atoms with Crippen molar-refractivity contribution in [3.8, 4) is 0 Å². The van der Waals surface area contributed by atoms with Gasteiger partial charge < -0.3 is 10.5 Å². The van der Waals surface area contributed by atoms with Gasteiger partial charge in [-0.2, -0.15) is 0 Å². The zero-order valence-corrected chi connectivity index (χ0v) is 10.0. The third-order valence-corrected chi connectivity index (χ3v) is 2.07. The van der Waals surface area contributed by atoms with E-state index in [1.807, 2.05) is 6.07 Å². The second-order valence-electron chi connectivity index (χ2n) is 2.54. The summed E-state index contributed by atoms with van der Waals surface area (Å²) in [7, 11) is 1.35. The van der Waals surface area contributed by atoms with E-state index in [0.29, 0.717) is 12.1 Å². The Hall–Kier alpha value is -0.580. The summed E-state index contributed by atoms with van der Waals surface area (Å²) in [5, 5.41) is 0. The molecular weight excluding hydrogens is 269 g/mol. The van der Waals surface area contributed by atoms with Crippen molar-refractivity contribution in [3.05, 3.63) is 33.8 Å². The van der Waals surface area contributed by atoms with Gasteiger partial charge in [-0.05, 0) is 23.8 Å². The Labute approximate surface area is 97.2 Å². The van der Waals surface area contributed by atoms with Crippen LogP contribution in [0.5, 0.6) is 0 Å². The van der Waals surface area contributed by atoms with E-state index in [2.05, 4.69) is 20.7 Å². The van der Waals surface area contributed by atoms with E-state index in [1.54, 1.807) is 12.1 Å². The van der Waals surface area contributed by atoms with Crippen molar-refractivity contribution in [2.45, 2.75) is 6.54 Å². The minimum absolute atomic E-state index is 0. The minimum Gasteiger partial charge on any atom is -0.465 e. The average molecular weight is 281 g/mol. The zero-order chi connectivity index (χ0) is 9.84. The number of esters is 1. The molecule has 5 heteroatoms. The largest absolute Gasteiger partial charge is 0.465 e. The highest BCUT2D eigenvalue weighted by atomic mass is 79.9. The van der Waals surface area contributed by atoms with E-state index >= 15 is 0 Å². The summed E-state index contributed by atoms with van der Waals surface area (Å²) in [6.07, 6.45) is 0. The fourth-order valence-electron chi connectivity index (χ4n) is 1.00. The van der Waals surface area contributed by atoms with Gasteiger partial charge in [0.1, 0.15) is 0 Å². The summed E-state index contributed by atoms with van der Waals surface area (Å²) in [5.74, 6) is -0.351. The summed E-state index contributed by atoms with van der Waals surface area (Å²) < 4.78 is 5.42. The van der Waals surface area contributed by atoms with Crippen LogP contribution in [0.4, 0.5) is 0 Å². The third kappa shape index (κ3) is 3.29. The van der Waals surface area contributed by atoms with Crippen molar-refractivity contribution < 1.29 is 9.53 Å². The molecular formula is C9H11BrClNO2. The molecule has 0 heterocycles. The van der Waals surface area contributed by atoms with Crippen LogP contribution in [0.1, 0.15) is 15.9 Å². The molecule has 1 aromatic carbocycles. The number of carbonyl (C=O) groups excluding carboxylic acids is 1. The molecule has 78 valence electrons. The predicted octanol–water partition coefficient (Wildman–Crippen LogP) is 2.12. The first-order chi connectivity index (χ1) is 6.17. The maximum Gasteiger partial charge on any atom is 0.337 e. The molecule has 0 aliphatic carbocycles. The van der Waals surface area contributed by atoms with Crippen molar-refractivity contribution in [1.82, 2.24) is 0 Å². The number of hydrogen-bond acceptors (Lipinski definition) is 3. The van der Waals surface area contributed by atoms with Gasteiger partial charge in [-0.15, -0.1) is 12.4 Å². The van der Waals surface area contributed by atoms with Gasteiger partial charge in [0.25, 0.3) is 0 Å². The van der Waals surface area contributed by atoms with Crippen LogP contribution < -0.4 is 5.73 Å². The van der Waals surface area contributed by atoms with E-state index in [9.17, 15) is 4.79 Å². The topological polar surface area (TPSA) is 52.3 Å². The minimum atomic E-state index is -0.351. The fraction of sp³-hybridized carbons (Fsp3) is 0.222. The quantitative estimate of drug-likeness (QED) is 0.844. The number of methoxy groups -OCH3 is 1. The Morgan fingerprint density at radius 3 is 2.64 bits per heavy atom. The fourth-order valence-corrected chi connectivity index (χ4v) is 1.54.